The highest BCUT2D eigenvalue weighted by Crippen LogP contribution is 2.20. The van der Waals surface area contributed by atoms with E-state index in [1.807, 2.05) is 6.92 Å². The van der Waals surface area contributed by atoms with E-state index in [2.05, 4.69) is 5.32 Å². The Hall–Kier alpha value is -2.08. The maximum absolute atomic E-state index is 12.2. The summed E-state index contributed by atoms with van der Waals surface area (Å²) in [5, 5.41) is 11.8. The van der Waals surface area contributed by atoms with Crippen LogP contribution in [0.25, 0.3) is 0 Å². The number of morpholine rings is 1. The largest absolute Gasteiger partial charge is 0.478 e. The van der Waals surface area contributed by atoms with Gasteiger partial charge >= 0.3 is 12.0 Å². The van der Waals surface area contributed by atoms with Crippen molar-refractivity contribution in [1.29, 1.82) is 0 Å². The maximum Gasteiger partial charge on any atom is 0.336 e. The van der Waals surface area contributed by atoms with Crippen molar-refractivity contribution in [3.8, 4) is 0 Å². The third kappa shape index (κ3) is 2.91. The van der Waals surface area contributed by atoms with Gasteiger partial charge in [-0.3, -0.25) is 0 Å². The summed E-state index contributed by atoms with van der Waals surface area (Å²) < 4.78 is 5.29. The minimum Gasteiger partial charge on any atom is -0.478 e. The molecule has 2 rings (SSSR count). The second-order valence-corrected chi connectivity index (χ2v) is 4.83. The third-order valence-corrected chi connectivity index (χ3v) is 3.43. The molecule has 1 aliphatic rings. The van der Waals surface area contributed by atoms with Gasteiger partial charge in [0.15, 0.2) is 0 Å². The number of nitrogens with zero attached hydrogens (tertiary/aromatic N) is 1. The first-order valence-corrected chi connectivity index (χ1v) is 6.49. The van der Waals surface area contributed by atoms with Gasteiger partial charge in [-0.05, 0) is 31.5 Å². The molecular formula is C14H18N2O4. The summed E-state index contributed by atoms with van der Waals surface area (Å²) in [7, 11) is 0. The Morgan fingerprint density at radius 1 is 1.45 bits per heavy atom. The average Bonchev–Trinajstić information content (AvgIpc) is 2.41. The molecule has 1 aromatic carbocycles. The van der Waals surface area contributed by atoms with E-state index in [4.69, 9.17) is 9.84 Å². The number of amides is 2. The minimum atomic E-state index is -1.00. The van der Waals surface area contributed by atoms with E-state index in [1.165, 1.54) is 6.07 Å². The number of nitrogens with one attached hydrogen (secondary N) is 1. The zero-order chi connectivity index (χ0) is 14.7. The smallest absolute Gasteiger partial charge is 0.336 e. The van der Waals surface area contributed by atoms with Crippen LogP contribution in [0.4, 0.5) is 10.5 Å². The number of carbonyl (C=O) groups excluding carboxylic acids is 1. The standard InChI is InChI=1S/C14H18N2O4/c1-9-8-20-7-6-16(9)14(19)15-12-5-3-4-11(10(12)2)13(17)18/h3-5,9H,6-8H2,1-2H3,(H,15,19)(H,17,18). The van der Waals surface area contributed by atoms with Crippen molar-refractivity contribution in [2.45, 2.75) is 19.9 Å². The molecule has 2 amide bonds. The van der Waals surface area contributed by atoms with Crippen molar-refractivity contribution in [2.24, 2.45) is 0 Å². The zero-order valence-electron chi connectivity index (χ0n) is 11.5. The molecule has 0 aliphatic carbocycles. The molecule has 108 valence electrons. The Kier molecular flexibility index (Phi) is 4.24. The molecule has 1 saturated heterocycles. The summed E-state index contributed by atoms with van der Waals surface area (Å²) in [6.45, 7) is 5.17. The molecule has 0 spiro atoms. The lowest BCUT2D eigenvalue weighted by atomic mass is 10.1. The Morgan fingerprint density at radius 3 is 2.85 bits per heavy atom. The molecule has 1 aromatic rings. The molecule has 1 fully saturated rings. The fourth-order valence-corrected chi connectivity index (χ4v) is 2.22. The Morgan fingerprint density at radius 2 is 2.20 bits per heavy atom. The topological polar surface area (TPSA) is 78.9 Å². The van der Waals surface area contributed by atoms with Gasteiger partial charge < -0.3 is 20.1 Å². The molecular weight excluding hydrogens is 260 g/mol. The fourth-order valence-electron chi connectivity index (χ4n) is 2.22. The summed E-state index contributed by atoms with van der Waals surface area (Å²) in [6, 6.07) is 4.61. The Balaban J connectivity index is 2.15. The van der Waals surface area contributed by atoms with Gasteiger partial charge in [-0.25, -0.2) is 9.59 Å². The lowest BCUT2D eigenvalue weighted by molar-refractivity contribution is 0.0221. The minimum absolute atomic E-state index is 0.00622. The normalized spacial score (nSPS) is 18.7. The molecule has 1 heterocycles. The molecule has 1 aliphatic heterocycles. The number of aromatic carboxylic acids is 1. The van der Waals surface area contributed by atoms with Crippen LogP contribution in [0.5, 0.6) is 0 Å². The summed E-state index contributed by atoms with van der Waals surface area (Å²) in [4.78, 5) is 25.0. The van der Waals surface area contributed by atoms with Gasteiger partial charge in [0.2, 0.25) is 0 Å². The van der Waals surface area contributed by atoms with Crippen molar-refractivity contribution >= 4 is 17.7 Å². The van der Waals surface area contributed by atoms with E-state index in [1.54, 1.807) is 24.0 Å². The van der Waals surface area contributed by atoms with E-state index >= 15 is 0 Å². The van der Waals surface area contributed by atoms with E-state index in [-0.39, 0.29) is 17.6 Å². The number of ether oxygens (including phenoxy) is 1. The van der Waals surface area contributed by atoms with Gasteiger partial charge in [-0.2, -0.15) is 0 Å². The second-order valence-electron chi connectivity index (χ2n) is 4.83. The molecule has 20 heavy (non-hydrogen) atoms. The van der Waals surface area contributed by atoms with E-state index in [0.29, 0.717) is 31.0 Å². The second kappa shape index (κ2) is 5.92. The van der Waals surface area contributed by atoms with E-state index in [0.717, 1.165) is 0 Å². The summed E-state index contributed by atoms with van der Waals surface area (Å²) in [5.74, 6) is -1.00. The van der Waals surface area contributed by atoms with Crippen LogP contribution in [-0.4, -0.2) is 47.8 Å². The van der Waals surface area contributed by atoms with Crippen LogP contribution in [0.1, 0.15) is 22.8 Å². The van der Waals surface area contributed by atoms with Crippen molar-refractivity contribution in [3.05, 3.63) is 29.3 Å². The average molecular weight is 278 g/mol. The molecule has 1 atom stereocenters. The van der Waals surface area contributed by atoms with Gasteiger partial charge in [-0.15, -0.1) is 0 Å². The summed E-state index contributed by atoms with van der Waals surface area (Å²) in [5.41, 5.74) is 1.26. The number of hydrogen-bond donors (Lipinski definition) is 2. The highest BCUT2D eigenvalue weighted by molar-refractivity contribution is 5.95. The Bertz CT molecular complexity index is 530. The monoisotopic (exact) mass is 278 g/mol. The van der Waals surface area contributed by atoms with Crippen LogP contribution < -0.4 is 5.32 Å². The molecule has 6 nitrogen and oxygen atoms in total. The van der Waals surface area contributed by atoms with Crippen LogP contribution in [0, 0.1) is 6.92 Å². The number of anilines is 1. The first-order valence-electron chi connectivity index (χ1n) is 6.49. The number of carboxylic acid groups (broad SMARTS) is 1. The van der Waals surface area contributed by atoms with Crippen LogP contribution in [-0.2, 0) is 4.74 Å². The molecule has 6 heteroatoms. The van der Waals surface area contributed by atoms with Gasteiger partial charge in [0.25, 0.3) is 0 Å². The van der Waals surface area contributed by atoms with Crippen molar-refractivity contribution in [2.75, 3.05) is 25.1 Å². The number of carboxylic acids is 1. The number of rotatable bonds is 2. The predicted octanol–water partition coefficient (Wildman–Crippen LogP) is 1.95. The molecule has 0 saturated carbocycles. The highest BCUT2D eigenvalue weighted by atomic mass is 16.5. The van der Waals surface area contributed by atoms with Crippen molar-refractivity contribution < 1.29 is 19.4 Å². The number of carbonyl (C=O) groups is 2. The number of hydrogen-bond acceptors (Lipinski definition) is 3. The van der Waals surface area contributed by atoms with Gasteiger partial charge in [0.1, 0.15) is 0 Å². The van der Waals surface area contributed by atoms with E-state index in [9.17, 15) is 9.59 Å². The fraction of sp³-hybridized carbons (Fsp3) is 0.429. The van der Waals surface area contributed by atoms with Crippen LogP contribution in [0.15, 0.2) is 18.2 Å². The molecule has 0 bridgehead atoms. The van der Waals surface area contributed by atoms with Crippen molar-refractivity contribution in [1.82, 2.24) is 4.90 Å². The maximum atomic E-state index is 12.2. The van der Waals surface area contributed by atoms with Crippen LogP contribution >= 0.6 is 0 Å². The molecule has 1 unspecified atom stereocenters. The lowest BCUT2D eigenvalue weighted by Crippen LogP contribution is -2.48. The summed E-state index contributed by atoms with van der Waals surface area (Å²) in [6.07, 6.45) is 0. The Labute approximate surface area is 117 Å². The highest BCUT2D eigenvalue weighted by Gasteiger charge is 2.24. The third-order valence-electron chi connectivity index (χ3n) is 3.43. The van der Waals surface area contributed by atoms with Crippen LogP contribution in [0.2, 0.25) is 0 Å². The predicted molar refractivity (Wildman–Crippen MR) is 74.1 cm³/mol. The van der Waals surface area contributed by atoms with Gasteiger partial charge in [-0.1, -0.05) is 6.07 Å². The first kappa shape index (κ1) is 14.3. The van der Waals surface area contributed by atoms with Gasteiger partial charge in [0, 0.05) is 12.2 Å². The molecule has 0 radical (unpaired) electrons. The molecule has 2 N–H and O–H groups in total. The van der Waals surface area contributed by atoms with Crippen molar-refractivity contribution in [3.63, 3.8) is 0 Å². The SMILES string of the molecule is Cc1c(NC(=O)N2CCOCC2C)cccc1C(=O)O. The lowest BCUT2D eigenvalue weighted by Gasteiger charge is -2.33. The number of urea groups is 1. The van der Waals surface area contributed by atoms with E-state index < -0.39 is 5.97 Å². The van der Waals surface area contributed by atoms with Crippen LogP contribution in [0.3, 0.4) is 0 Å². The number of benzene rings is 1. The van der Waals surface area contributed by atoms with Gasteiger partial charge in [0.05, 0.1) is 24.8 Å². The quantitative estimate of drug-likeness (QED) is 0.866. The first-order chi connectivity index (χ1) is 9.50. The summed E-state index contributed by atoms with van der Waals surface area (Å²) >= 11 is 0. The molecule has 0 aromatic heterocycles. The zero-order valence-corrected chi connectivity index (χ0v) is 11.5.